The minimum absolute atomic E-state index is 0.108. The van der Waals surface area contributed by atoms with E-state index in [1.165, 1.54) is 0 Å². The Morgan fingerprint density at radius 3 is 2.62 bits per heavy atom. The van der Waals surface area contributed by atoms with Crippen molar-refractivity contribution >= 4 is 11.6 Å². The zero-order valence-corrected chi connectivity index (χ0v) is 13.7. The molecule has 0 atom stereocenters. The van der Waals surface area contributed by atoms with E-state index in [0.29, 0.717) is 12.1 Å². The molecule has 5 heteroatoms. The zero-order valence-electron chi connectivity index (χ0n) is 13.7. The molecule has 5 nitrogen and oxygen atoms in total. The van der Waals surface area contributed by atoms with E-state index in [2.05, 4.69) is 10.3 Å². The van der Waals surface area contributed by atoms with Gasteiger partial charge in [0, 0.05) is 49.8 Å². The number of pyridine rings is 1. The molecule has 1 N–H and O–H groups in total. The van der Waals surface area contributed by atoms with Crippen LogP contribution in [0.4, 0.5) is 5.69 Å². The summed E-state index contributed by atoms with van der Waals surface area (Å²) in [5.74, 6) is 0.652. The van der Waals surface area contributed by atoms with E-state index in [0.717, 1.165) is 22.6 Å². The molecule has 0 saturated heterocycles. The Kier molecular flexibility index (Phi) is 4.61. The lowest BCUT2D eigenvalue weighted by atomic mass is 10.1. The summed E-state index contributed by atoms with van der Waals surface area (Å²) in [5, 5.41) is 2.91. The van der Waals surface area contributed by atoms with Crippen LogP contribution in [0.5, 0.6) is 0 Å². The van der Waals surface area contributed by atoms with Gasteiger partial charge in [-0.05, 0) is 48.0 Å². The number of nitrogens with one attached hydrogen (secondary N) is 1. The topological polar surface area (TPSA) is 58.4 Å². The highest BCUT2D eigenvalue weighted by Gasteiger charge is 2.07. The van der Waals surface area contributed by atoms with Crippen molar-refractivity contribution in [2.75, 3.05) is 19.0 Å². The lowest BCUT2D eigenvalue weighted by molar-refractivity contribution is 0.0951. The van der Waals surface area contributed by atoms with Crippen LogP contribution in [0.1, 0.15) is 15.9 Å². The van der Waals surface area contributed by atoms with Gasteiger partial charge in [0.25, 0.3) is 5.91 Å². The zero-order chi connectivity index (χ0) is 16.9. The molecule has 1 amide bonds. The number of amides is 1. The second-order valence-electron chi connectivity index (χ2n) is 5.68. The number of aromatic nitrogens is 1. The van der Waals surface area contributed by atoms with Gasteiger partial charge in [-0.15, -0.1) is 0 Å². The Labute approximate surface area is 140 Å². The van der Waals surface area contributed by atoms with Gasteiger partial charge in [-0.2, -0.15) is 0 Å². The molecule has 0 aliphatic heterocycles. The molecule has 0 aliphatic carbocycles. The fourth-order valence-electron chi connectivity index (χ4n) is 2.36. The predicted molar refractivity (Wildman–Crippen MR) is 93.9 cm³/mol. The maximum Gasteiger partial charge on any atom is 0.251 e. The third-order valence-corrected chi connectivity index (χ3v) is 3.70. The second kappa shape index (κ2) is 7.00. The summed E-state index contributed by atoms with van der Waals surface area (Å²) in [7, 11) is 3.93. The summed E-state index contributed by atoms with van der Waals surface area (Å²) in [6.45, 7) is 0.413. The number of nitrogens with zero attached hydrogens (tertiary/aromatic N) is 2. The van der Waals surface area contributed by atoms with Gasteiger partial charge in [0.05, 0.1) is 6.26 Å². The molecule has 0 fully saturated rings. The van der Waals surface area contributed by atoms with Crippen LogP contribution >= 0.6 is 0 Å². The number of benzene rings is 1. The predicted octanol–water partition coefficient (Wildman–Crippen LogP) is 3.34. The minimum Gasteiger partial charge on any atom is -0.464 e. The van der Waals surface area contributed by atoms with Crippen molar-refractivity contribution < 1.29 is 9.21 Å². The van der Waals surface area contributed by atoms with Crippen LogP contribution in [-0.2, 0) is 6.54 Å². The van der Waals surface area contributed by atoms with Crippen LogP contribution < -0.4 is 10.2 Å². The van der Waals surface area contributed by atoms with Gasteiger partial charge in [0.15, 0.2) is 0 Å². The Balaban J connectivity index is 1.65. The van der Waals surface area contributed by atoms with Crippen molar-refractivity contribution in [3.63, 3.8) is 0 Å². The summed E-state index contributed by atoms with van der Waals surface area (Å²) >= 11 is 0. The van der Waals surface area contributed by atoms with Gasteiger partial charge < -0.3 is 14.6 Å². The normalized spacial score (nSPS) is 10.4. The first-order valence-corrected chi connectivity index (χ1v) is 7.67. The van der Waals surface area contributed by atoms with Gasteiger partial charge in [0.1, 0.15) is 5.76 Å². The molecule has 122 valence electrons. The van der Waals surface area contributed by atoms with Crippen LogP contribution in [0, 0.1) is 0 Å². The van der Waals surface area contributed by atoms with E-state index in [9.17, 15) is 4.79 Å². The van der Waals surface area contributed by atoms with Crippen molar-refractivity contribution in [1.82, 2.24) is 10.3 Å². The van der Waals surface area contributed by atoms with E-state index in [-0.39, 0.29) is 5.91 Å². The number of rotatable bonds is 5. The first-order valence-electron chi connectivity index (χ1n) is 7.67. The Bertz CT molecular complexity index is 809. The van der Waals surface area contributed by atoms with E-state index < -0.39 is 0 Å². The maximum atomic E-state index is 12.2. The summed E-state index contributed by atoms with van der Waals surface area (Å²) in [6, 6.07) is 13.2. The largest absolute Gasteiger partial charge is 0.464 e. The molecule has 2 heterocycles. The molecule has 2 aromatic heterocycles. The molecule has 0 unspecified atom stereocenters. The third-order valence-electron chi connectivity index (χ3n) is 3.70. The third kappa shape index (κ3) is 3.63. The van der Waals surface area contributed by atoms with Crippen LogP contribution in [-0.4, -0.2) is 25.0 Å². The fourth-order valence-corrected chi connectivity index (χ4v) is 2.36. The van der Waals surface area contributed by atoms with Crippen LogP contribution in [0.3, 0.4) is 0 Å². The number of furan rings is 1. The summed E-state index contributed by atoms with van der Waals surface area (Å²) in [4.78, 5) is 18.4. The summed E-state index contributed by atoms with van der Waals surface area (Å²) in [5.41, 5.74) is 3.50. The fraction of sp³-hybridized carbons (Fsp3) is 0.158. The smallest absolute Gasteiger partial charge is 0.251 e. The molecular weight excluding hydrogens is 302 g/mol. The van der Waals surface area contributed by atoms with Gasteiger partial charge in [-0.1, -0.05) is 0 Å². The molecule has 24 heavy (non-hydrogen) atoms. The maximum absolute atomic E-state index is 12.2. The minimum atomic E-state index is -0.108. The number of carbonyl (C=O) groups is 1. The van der Waals surface area contributed by atoms with E-state index in [1.807, 2.05) is 61.5 Å². The molecular formula is C19H19N3O2. The van der Waals surface area contributed by atoms with Crippen molar-refractivity contribution in [3.8, 4) is 11.3 Å². The van der Waals surface area contributed by atoms with E-state index >= 15 is 0 Å². The second-order valence-corrected chi connectivity index (χ2v) is 5.68. The first kappa shape index (κ1) is 15.8. The average Bonchev–Trinajstić information content (AvgIpc) is 3.15. The van der Waals surface area contributed by atoms with E-state index in [4.69, 9.17) is 4.42 Å². The lowest BCUT2D eigenvalue weighted by Gasteiger charge is -2.12. The van der Waals surface area contributed by atoms with Crippen LogP contribution in [0.15, 0.2) is 65.5 Å². The number of anilines is 1. The van der Waals surface area contributed by atoms with Crippen LogP contribution in [0.2, 0.25) is 0 Å². The first-order chi connectivity index (χ1) is 11.6. The quantitative estimate of drug-likeness (QED) is 0.783. The van der Waals surface area contributed by atoms with Gasteiger partial charge >= 0.3 is 0 Å². The average molecular weight is 321 g/mol. The molecule has 3 aromatic rings. The van der Waals surface area contributed by atoms with Crippen molar-refractivity contribution in [2.45, 2.75) is 6.54 Å². The number of carbonyl (C=O) groups excluding carboxylic acids is 1. The van der Waals surface area contributed by atoms with Crippen molar-refractivity contribution in [1.29, 1.82) is 0 Å². The van der Waals surface area contributed by atoms with Crippen LogP contribution in [0.25, 0.3) is 11.3 Å². The molecule has 0 radical (unpaired) electrons. The lowest BCUT2D eigenvalue weighted by Crippen LogP contribution is -2.23. The Hall–Kier alpha value is -3.08. The van der Waals surface area contributed by atoms with Crippen molar-refractivity contribution in [3.05, 3.63) is 72.2 Å². The highest BCUT2D eigenvalue weighted by molar-refractivity contribution is 5.94. The Morgan fingerprint density at radius 1 is 1.17 bits per heavy atom. The SMILES string of the molecule is CN(C)c1ccc(C(=O)NCc2cncc(-c3ccco3)c2)cc1. The molecule has 3 rings (SSSR count). The highest BCUT2D eigenvalue weighted by atomic mass is 16.3. The van der Waals surface area contributed by atoms with Gasteiger partial charge in [0.2, 0.25) is 0 Å². The standard InChI is InChI=1S/C19H19N3O2/c1-22(2)17-7-5-15(6-8-17)19(23)21-12-14-10-16(13-20-11-14)18-4-3-9-24-18/h3-11,13H,12H2,1-2H3,(H,21,23). The molecule has 0 saturated carbocycles. The van der Waals surface area contributed by atoms with Crippen molar-refractivity contribution in [2.24, 2.45) is 0 Å². The number of hydrogen-bond acceptors (Lipinski definition) is 4. The van der Waals surface area contributed by atoms with Gasteiger partial charge in [-0.3, -0.25) is 9.78 Å². The molecule has 0 spiro atoms. The molecule has 1 aromatic carbocycles. The number of hydrogen-bond donors (Lipinski definition) is 1. The van der Waals surface area contributed by atoms with Gasteiger partial charge in [-0.25, -0.2) is 0 Å². The summed E-state index contributed by atoms with van der Waals surface area (Å²) in [6.07, 6.45) is 5.10. The monoisotopic (exact) mass is 321 g/mol. The molecule has 0 bridgehead atoms. The van der Waals surface area contributed by atoms with E-state index in [1.54, 1.807) is 18.7 Å². The summed E-state index contributed by atoms with van der Waals surface area (Å²) < 4.78 is 5.37. The molecule has 0 aliphatic rings. The highest BCUT2D eigenvalue weighted by Crippen LogP contribution is 2.19. The Morgan fingerprint density at radius 2 is 1.96 bits per heavy atom.